The van der Waals surface area contributed by atoms with Crippen LogP contribution in [0.5, 0.6) is 0 Å². The molecule has 0 radical (unpaired) electrons. The number of carboxylic acids is 1. The quantitative estimate of drug-likeness (QED) is 0.871. The molecule has 2 unspecified atom stereocenters. The number of carboxylic acid groups (broad SMARTS) is 1. The number of benzene rings is 1. The fraction of sp³-hybridized carbons (Fsp3) is 0.500. The normalized spacial score (nSPS) is 24.5. The summed E-state index contributed by atoms with van der Waals surface area (Å²) in [4.78, 5) is 11.1. The lowest BCUT2D eigenvalue weighted by Gasteiger charge is -2.28. The van der Waals surface area contributed by atoms with Gasteiger partial charge in [-0.3, -0.25) is 4.79 Å². The summed E-state index contributed by atoms with van der Waals surface area (Å²) < 4.78 is 5.76. The standard InChI is InChI=1S/C14H18O3/c15-14(16)12-8-4-5-9-13(12)17-10-11-6-2-1-3-7-11/h1-3,6-7,12-13H,4-5,8-10H2,(H,15,16). The predicted octanol–water partition coefficient (Wildman–Crippen LogP) is 2.85. The maximum Gasteiger partial charge on any atom is 0.309 e. The molecule has 1 aromatic carbocycles. The second-order valence-corrected chi connectivity index (χ2v) is 4.56. The Hall–Kier alpha value is -1.35. The summed E-state index contributed by atoms with van der Waals surface area (Å²) >= 11 is 0. The summed E-state index contributed by atoms with van der Waals surface area (Å²) in [6, 6.07) is 9.89. The maximum absolute atomic E-state index is 11.1. The highest BCUT2D eigenvalue weighted by molar-refractivity contribution is 5.70. The van der Waals surface area contributed by atoms with Gasteiger partial charge in [0, 0.05) is 0 Å². The Balaban J connectivity index is 1.90. The van der Waals surface area contributed by atoms with Crippen molar-refractivity contribution in [1.82, 2.24) is 0 Å². The smallest absolute Gasteiger partial charge is 0.309 e. The second-order valence-electron chi connectivity index (χ2n) is 4.56. The van der Waals surface area contributed by atoms with Gasteiger partial charge in [0.1, 0.15) is 0 Å². The van der Waals surface area contributed by atoms with Crippen molar-refractivity contribution in [1.29, 1.82) is 0 Å². The van der Waals surface area contributed by atoms with Gasteiger partial charge in [0.25, 0.3) is 0 Å². The van der Waals surface area contributed by atoms with Gasteiger partial charge in [-0.05, 0) is 18.4 Å². The van der Waals surface area contributed by atoms with E-state index in [1.807, 2.05) is 30.3 Å². The molecule has 3 nitrogen and oxygen atoms in total. The molecule has 1 saturated carbocycles. The number of hydrogen-bond donors (Lipinski definition) is 1. The van der Waals surface area contributed by atoms with Gasteiger partial charge in [0.05, 0.1) is 18.6 Å². The Morgan fingerprint density at radius 1 is 1.24 bits per heavy atom. The first-order valence-corrected chi connectivity index (χ1v) is 6.15. The first-order chi connectivity index (χ1) is 8.27. The molecule has 92 valence electrons. The molecule has 0 saturated heterocycles. The van der Waals surface area contributed by atoms with Gasteiger partial charge in [-0.2, -0.15) is 0 Å². The fourth-order valence-corrected chi connectivity index (χ4v) is 2.36. The van der Waals surface area contributed by atoms with Crippen LogP contribution in [0, 0.1) is 5.92 Å². The molecule has 1 aliphatic rings. The van der Waals surface area contributed by atoms with Crippen LogP contribution in [0.3, 0.4) is 0 Å². The van der Waals surface area contributed by atoms with E-state index >= 15 is 0 Å². The van der Waals surface area contributed by atoms with Crippen LogP contribution in [-0.4, -0.2) is 17.2 Å². The molecule has 1 N–H and O–H groups in total. The molecule has 2 rings (SSSR count). The zero-order valence-electron chi connectivity index (χ0n) is 9.84. The van der Waals surface area contributed by atoms with Crippen LogP contribution in [0.25, 0.3) is 0 Å². The fourth-order valence-electron chi connectivity index (χ4n) is 2.36. The van der Waals surface area contributed by atoms with E-state index in [0.29, 0.717) is 6.61 Å². The predicted molar refractivity (Wildman–Crippen MR) is 64.6 cm³/mol. The molecule has 17 heavy (non-hydrogen) atoms. The summed E-state index contributed by atoms with van der Waals surface area (Å²) in [5, 5.41) is 9.13. The third kappa shape index (κ3) is 3.30. The zero-order valence-corrected chi connectivity index (χ0v) is 9.84. The highest BCUT2D eigenvalue weighted by Gasteiger charge is 2.31. The molecule has 0 aromatic heterocycles. The molecule has 3 heteroatoms. The number of hydrogen-bond acceptors (Lipinski definition) is 2. The van der Waals surface area contributed by atoms with E-state index in [-0.39, 0.29) is 12.0 Å². The molecule has 0 bridgehead atoms. The average Bonchev–Trinajstić information content (AvgIpc) is 2.38. The molecule has 1 fully saturated rings. The van der Waals surface area contributed by atoms with Crippen molar-refractivity contribution in [3.05, 3.63) is 35.9 Å². The van der Waals surface area contributed by atoms with Gasteiger partial charge in [0.2, 0.25) is 0 Å². The van der Waals surface area contributed by atoms with E-state index in [0.717, 1.165) is 31.2 Å². The minimum atomic E-state index is -0.720. The highest BCUT2D eigenvalue weighted by atomic mass is 16.5. The van der Waals surface area contributed by atoms with E-state index in [2.05, 4.69) is 0 Å². The van der Waals surface area contributed by atoms with Crippen LogP contribution in [-0.2, 0) is 16.1 Å². The minimum absolute atomic E-state index is 0.124. The minimum Gasteiger partial charge on any atom is -0.481 e. The summed E-state index contributed by atoms with van der Waals surface area (Å²) in [7, 11) is 0. The summed E-state index contributed by atoms with van der Waals surface area (Å²) in [6.45, 7) is 0.509. The van der Waals surface area contributed by atoms with Crippen molar-refractivity contribution in [3.8, 4) is 0 Å². The van der Waals surface area contributed by atoms with Crippen LogP contribution in [0.15, 0.2) is 30.3 Å². The van der Waals surface area contributed by atoms with Crippen LogP contribution in [0.4, 0.5) is 0 Å². The van der Waals surface area contributed by atoms with Gasteiger partial charge in [-0.25, -0.2) is 0 Å². The van der Waals surface area contributed by atoms with E-state index in [1.54, 1.807) is 0 Å². The number of carbonyl (C=O) groups is 1. The first-order valence-electron chi connectivity index (χ1n) is 6.15. The van der Waals surface area contributed by atoms with E-state index < -0.39 is 5.97 Å². The molecule has 2 atom stereocenters. The topological polar surface area (TPSA) is 46.5 Å². The number of ether oxygens (including phenoxy) is 1. The van der Waals surface area contributed by atoms with Gasteiger partial charge in [-0.1, -0.05) is 43.2 Å². The Labute approximate surface area is 101 Å². The Bertz CT molecular complexity index is 361. The van der Waals surface area contributed by atoms with Crippen LogP contribution < -0.4 is 0 Å². The molecule has 0 aliphatic heterocycles. The average molecular weight is 234 g/mol. The van der Waals surface area contributed by atoms with Crippen molar-refractivity contribution in [2.75, 3.05) is 0 Å². The van der Waals surface area contributed by atoms with E-state index in [9.17, 15) is 4.79 Å². The molecule has 1 aliphatic carbocycles. The summed E-state index contributed by atoms with van der Waals surface area (Å²) in [5.74, 6) is -1.05. The molecule has 0 amide bonds. The third-order valence-electron chi connectivity index (χ3n) is 3.33. The summed E-state index contributed by atoms with van der Waals surface area (Å²) in [6.07, 6.45) is 3.56. The zero-order chi connectivity index (χ0) is 12.1. The van der Waals surface area contributed by atoms with Crippen LogP contribution in [0.1, 0.15) is 31.2 Å². The summed E-state index contributed by atoms with van der Waals surface area (Å²) in [5.41, 5.74) is 1.10. The third-order valence-corrected chi connectivity index (χ3v) is 3.33. The van der Waals surface area contributed by atoms with Crippen molar-refractivity contribution >= 4 is 5.97 Å². The largest absolute Gasteiger partial charge is 0.481 e. The van der Waals surface area contributed by atoms with E-state index in [1.165, 1.54) is 0 Å². The molecule has 1 aromatic rings. The number of rotatable bonds is 4. The molecule has 0 spiro atoms. The van der Waals surface area contributed by atoms with Crippen LogP contribution >= 0.6 is 0 Å². The molecule has 0 heterocycles. The van der Waals surface area contributed by atoms with Crippen molar-refractivity contribution < 1.29 is 14.6 Å². The van der Waals surface area contributed by atoms with Crippen LogP contribution in [0.2, 0.25) is 0 Å². The second kappa shape index (κ2) is 5.82. The van der Waals surface area contributed by atoms with Crippen molar-refractivity contribution in [2.45, 2.75) is 38.4 Å². The Morgan fingerprint density at radius 3 is 2.65 bits per heavy atom. The monoisotopic (exact) mass is 234 g/mol. The molecular formula is C14H18O3. The lowest BCUT2D eigenvalue weighted by molar-refractivity contribution is -0.150. The Kier molecular flexibility index (Phi) is 4.15. The van der Waals surface area contributed by atoms with Gasteiger partial charge in [0.15, 0.2) is 0 Å². The first kappa shape index (κ1) is 12.1. The lowest BCUT2D eigenvalue weighted by Crippen LogP contribution is -2.33. The van der Waals surface area contributed by atoms with Gasteiger partial charge < -0.3 is 9.84 Å². The SMILES string of the molecule is O=C(O)C1CCCCC1OCc1ccccc1. The maximum atomic E-state index is 11.1. The lowest BCUT2D eigenvalue weighted by atomic mass is 9.86. The van der Waals surface area contributed by atoms with Gasteiger partial charge in [-0.15, -0.1) is 0 Å². The van der Waals surface area contributed by atoms with Gasteiger partial charge >= 0.3 is 5.97 Å². The Morgan fingerprint density at radius 2 is 1.94 bits per heavy atom. The number of aliphatic carboxylic acids is 1. The van der Waals surface area contributed by atoms with Crippen molar-refractivity contribution in [2.24, 2.45) is 5.92 Å². The van der Waals surface area contributed by atoms with Crippen molar-refractivity contribution in [3.63, 3.8) is 0 Å². The highest BCUT2D eigenvalue weighted by Crippen LogP contribution is 2.27. The molecular weight excluding hydrogens is 216 g/mol. The van der Waals surface area contributed by atoms with E-state index in [4.69, 9.17) is 9.84 Å².